The predicted molar refractivity (Wildman–Crippen MR) is 109 cm³/mol. The minimum atomic E-state index is 0. The van der Waals surface area contributed by atoms with Gasteiger partial charge in [0.15, 0.2) is 11.8 Å². The van der Waals surface area contributed by atoms with Gasteiger partial charge < -0.3 is 19.9 Å². The number of guanidine groups is 1. The van der Waals surface area contributed by atoms with Crippen LogP contribution < -0.4 is 10.6 Å². The van der Waals surface area contributed by atoms with Crippen LogP contribution in [-0.4, -0.2) is 47.0 Å². The summed E-state index contributed by atoms with van der Waals surface area (Å²) in [5.41, 5.74) is 0. The second-order valence-corrected chi connectivity index (χ2v) is 6.32. The molecule has 1 unspecified atom stereocenters. The molecule has 24 heavy (non-hydrogen) atoms. The smallest absolute Gasteiger partial charge is 0.191 e. The van der Waals surface area contributed by atoms with Crippen molar-refractivity contribution in [3.05, 3.63) is 11.6 Å². The molecule has 1 rings (SSSR count). The van der Waals surface area contributed by atoms with Crippen LogP contribution in [-0.2, 0) is 18.3 Å². The van der Waals surface area contributed by atoms with E-state index in [0.717, 1.165) is 30.6 Å². The highest BCUT2D eigenvalue weighted by molar-refractivity contribution is 14.0. The molecule has 0 saturated carbocycles. The molecule has 7 nitrogen and oxygen atoms in total. The quantitative estimate of drug-likeness (QED) is 0.260. The summed E-state index contributed by atoms with van der Waals surface area (Å²) in [6, 6.07) is 0.368. The minimum Gasteiger partial charge on any atom is -0.383 e. The van der Waals surface area contributed by atoms with Crippen molar-refractivity contribution in [3.8, 4) is 0 Å². The summed E-state index contributed by atoms with van der Waals surface area (Å²) in [5.74, 6) is 3.24. The summed E-state index contributed by atoms with van der Waals surface area (Å²) in [5, 5.41) is 15.0. The number of nitrogens with zero attached hydrogens (tertiary/aromatic N) is 4. The fourth-order valence-corrected chi connectivity index (χ4v) is 2.05. The maximum Gasteiger partial charge on any atom is 0.191 e. The molecule has 0 spiro atoms. The van der Waals surface area contributed by atoms with Crippen LogP contribution in [0.25, 0.3) is 0 Å². The molecule has 0 saturated heterocycles. The average Bonchev–Trinajstić information content (AvgIpc) is 2.82. The normalized spacial score (nSPS) is 12.9. The Labute approximate surface area is 163 Å². The lowest BCUT2D eigenvalue weighted by atomic mass is 10.0. The van der Waals surface area contributed by atoms with Gasteiger partial charge in [-0.05, 0) is 32.6 Å². The Balaban J connectivity index is 0.00000529. The molecule has 1 atom stereocenters. The second-order valence-electron chi connectivity index (χ2n) is 6.32. The number of hydrogen-bond acceptors (Lipinski definition) is 4. The van der Waals surface area contributed by atoms with Crippen molar-refractivity contribution in [2.75, 3.05) is 20.3 Å². The van der Waals surface area contributed by atoms with Crippen LogP contribution in [0.15, 0.2) is 4.99 Å². The van der Waals surface area contributed by atoms with E-state index >= 15 is 0 Å². The molecule has 8 heteroatoms. The monoisotopic (exact) mass is 452 g/mol. The van der Waals surface area contributed by atoms with Crippen LogP contribution in [0.2, 0.25) is 0 Å². The molecule has 2 N–H and O–H groups in total. The summed E-state index contributed by atoms with van der Waals surface area (Å²) < 4.78 is 7.05. The first-order chi connectivity index (χ1) is 10.9. The molecule has 0 amide bonds. The third kappa shape index (κ3) is 8.81. The molecular weight excluding hydrogens is 419 g/mol. The molecule has 1 aromatic rings. The number of aromatic nitrogens is 3. The zero-order valence-electron chi connectivity index (χ0n) is 15.8. The Bertz CT molecular complexity index is 489. The van der Waals surface area contributed by atoms with E-state index in [1.165, 1.54) is 6.42 Å². The number of hydrogen-bond donors (Lipinski definition) is 2. The van der Waals surface area contributed by atoms with E-state index in [9.17, 15) is 0 Å². The Morgan fingerprint density at radius 3 is 2.50 bits per heavy atom. The summed E-state index contributed by atoms with van der Waals surface area (Å²) in [6.45, 7) is 10.5. The van der Waals surface area contributed by atoms with Crippen molar-refractivity contribution in [2.45, 2.75) is 53.1 Å². The Morgan fingerprint density at radius 2 is 1.96 bits per heavy atom. The average molecular weight is 452 g/mol. The minimum absolute atomic E-state index is 0. The van der Waals surface area contributed by atoms with Gasteiger partial charge in [0.05, 0.1) is 6.61 Å². The SMILES string of the molecule is COCCNC(=NCc1nnc(C)n1C)NC(C)CCC(C)C.I. The molecule has 0 radical (unpaired) electrons. The molecule has 0 bridgehead atoms. The lowest BCUT2D eigenvalue weighted by molar-refractivity contribution is 0.203. The van der Waals surface area contributed by atoms with Gasteiger partial charge >= 0.3 is 0 Å². The highest BCUT2D eigenvalue weighted by Gasteiger charge is 2.08. The third-order valence-electron chi connectivity index (χ3n) is 3.72. The molecule has 0 aliphatic carbocycles. The van der Waals surface area contributed by atoms with Gasteiger partial charge in [0.1, 0.15) is 12.4 Å². The van der Waals surface area contributed by atoms with Crippen molar-refractivity contribution >= 4 is 29.9 Å². The summed E-state index contributed by atoms with van der Waals surface area (Å²) in [7, 11) is 3.65. The second kappa shape index (κ2) is 12.5. The van der Waals surface area contributed by atoms with Gasteiger partial charge in [-0.25, -0.2) is 4.99 Å². The Hall–Kier alpha value is -0.900. The van der Waals surface area contributed by atoms with Gasteiger partial charge in [0, 0.05) is 26.7 Å². The first-order valence-corrected chi connectivity index (χ1v) is 8.32. The first-order valence-electron chi connectivity index (χ1n) is 8.32. The van der Waals surface area contributed by atoms with E-state index in [4.69, 9.17) is 4.74 Å². The van der Waals surface area contributed by atoms with Gasteiger partial charge in [0.25, 0.3) is 0 Å². The van der Waals surface area contributed by atoms with Crippen molar-refractivity contribution < 1.29 is 4.74 Å². The zero-order valence-corrected chi connectivity index (χ0v) is 18.1. The molecule has 1 heterocycles. The molecular formula is C16H33IN6O. The van der Waals surface area contributed by atoms with Crippen molar-refractivity contribution in [2.24, 2.45) is 18.0 Å². The Morgan fingerprint density at radius 1 is 1.25 bits per heavy atom. The van der Waals surface area contributed by atoms with E-state index in [0.29, 0.717) is 25.1 Å². The van der Waals surface area contributed by atoms with E-state index in [2.05, 4.69) is 46.6 Å². The Kier molecular flexibility index (Phi) is 12.0. The lowest BCUT2D eigenvalue weighted by Crippen LogP contribution is -2.43. The highest BCUT2D eigenvalue weighted by Crippen LogP contribution is 2.06. The fraction of sp³-hybridized carbons (Fsp3) is 0.812. The van der Waals surface area contributed by atoms with Crippen LogP contribution in [0.3, 0.4) is 0 Å². The number of halogens is 1. The standard InChI is InChI=1S/C16H32N6O.HI/c1-12(2)7-8-13(3)19-16(17-9-10-23-6)18-11-15-21-20-14(4)22(15)5;/h12-13H,7-11H2,1-6H3,(H2,17,18,19);1H. The summed E-state index contributed by atoms with van der Waals surface area (Å²) in [6.07, 6.45) is 2.31. The summed E-state index contributed by atoms with van der Waals surface area (Å²) >= 11 is 0. The van der Waals surface area contributed by atoms with Gasteiger partial charge in [-0.15, -0.1) is 34.2 Å². The molecule has 0 aliphatic heterocycles. The molecule has 0 aromatic carbocycles. The summed E-state index contributed by atoms with van der Waals surface area (Å²) in [4.78, 5) is 4.62. The van der Waals surface area contributed by atoms with Gasteiger partial charge in [0.2, 0.25) is 0 Å². The molecule has 140 valence electrons. The number of rotatable bonds is 9. The highest BCUT2D eigenvalue weighted by atomic mass is 127. The largest absolute Gasteiger partial charge is 0.383 e. The maximum absolute atomic E-state index is 5.09. The van der Waals surface area contributed by atoms with E-state index in [-0.39, 0.29) is 24.0 Å². The number of aliphatic imine (C=N–C) groups is 1. The van der Waals surface area contributed by atoms with Gasteiger partial charge in [-0.3, -0.25) is 0 Å². The number of aryl methyl sites for hydroxylation is 1. The topological polar surface area (TPSA) is 76.4 Å². The first kappa shape index (κ1) is 23.1. The van der Waals surface area contributed by atoms with Crippen molar-refractivity contribution in [1.82, 2.24) is 25.4 Å². The predicted octanol–water partition coefficient (Wildman–Crippen LogP) is 2.25. The van der Waals surface area contributed by atoms with E-state index in [1.54, 1.807) is 7.11 Å². The fourth-order valence-electron chi connectivity index (χ4n) is 2.05. The van der Waals surface area contributed by atoms with Gasteiger partial charge in [-0.1, -0.05) is 13.8 Å². The lowest BCUT2D eigenvalue weighted by Gasteiger charge is -2.19. The zero-order chi connectivity index (χ0) is 17.2. The number of ether oxygens (including phenoxy) is 1. The van der Waals surface area contributed by atoms with E-state index in [1.807, 2.05) is 18.5 Å². The van der Waals surface area contributed by atoms with Gasteiger partial charge in [-0.2, -0.15) is 0 Å². The van der Waals surface area contributed by atoms with E-state index < -0.39 is 0 Å². The van der Waals surface area contributed by atoms with Crippen molar-refractivity contribution in [3.63, 3.8) is 0 Å². The number of methoxy groups -OCH3 is 1. The maximum atomic E-state index is 5.09. The third-order valence-corrected chi connectivity index (χ3v) is 3.72. The molecule has 0 aliphatic rings. The molecule has 0 fully saturated rings. The van der Waals surface area contributed by atoms with Crippen LogP contribution in [0.1, 0.15) is 45.3 Å². The van der Waals surface area contributed by atoms with Crippen LogP contribution >= 0.6 is 24.0 Å². The van der Waals surface area contributed by atoms with Crippen LogP contribution in [0.5, 0.6) is 0 Å². The van der Waals surface area contributed by atoms with Crippen molar-refractivity contribution in [1.29, 1.82) is 0 Å². The van der Waals surface area contributed by atoms with Crippen LogP contribution in [0.4, 0.5) is 0 Å². The molecule has 1 aromatic heterocycles. The number of nitrogens with one attached hydrogen (secondary N) is 2. The van der Waals surface area contributed by atoms with Crippen LogP contribution in [0, 0.1) is 12.8 Å².